The van der Waals surface area contributed by atoms with E-state index in [0.717, 1.165) is 18.2 Å². The van der Waals surface area contributed by atoms with Crippen molar-refractivity contribution in [3.8, 4) is 11.8 Å². The van der Waals surface area contributed by atoms with E-state index < -0.39 is 45.7 Å². The second-order valence-corrected chi connectivity index (χ2v) is 12.3. The first-order valence-corrected chi connectivity index (χ1v) is 13.5. The third kappa shape index (κ3) is 6.18. The highest BCUT2D eigenvalue weighted by Gasteiger charge is 2.50. The van der Waals surface area contributed by atoms with Crippen LogP contribution in [0.5, 0.6) is 5.75 Å². The number of carbonyl (C=O) groups is 1. The van der Waals surface area contributed by atoms with Crippen LogP contribution in [0.25, 0.3) is 0 Å². The zero-order chi connectivity index (χ0) is 28.7. The van der Waals surface area contributed by atoms with E-state index in [4.69, 9.17) is 16.3 Å². The fourth-order valence-corrected chi connectivity index (χ4v) is 5.74. The van der Waals surface area contributed by atoms with E-state index in [1.54, 1.807) is 20.8 Å². The van der Waals surface area contributed by atoms with Gasteiger partial charge in [0.15, 0.2) is 5.15 Å². The highest BCUT2D eigenvalue weighted by Crippen LogP contribution is 2.41. The van der Waals surface area contributed by atoms with Crippen LogP contribution in [0.1, 0.15) is 46.6 Å². The van der Waals surface area contributed by atoms with Gasteiger partial charge in [0.25, 0.3) is 10.0 Å². The van der Waals surface area contributed by atoms with Gasteiger partial charge in [-0.05, 0) is 52.3 Å². The van der Waals surface area contributed by atoms with Gasteiger partial charge < -0.3 is 9.47 Å². The van der Waals surface area contributed by atoms with Crippen molar-refractivity contribution in [2.24, 2.45) is 5.41 Å². The minimum Gasteiger partial charge on any atom is -0.486 e. The molecule has 208 valence electrons. The molecule has 0 bridgehead atoms. The van der Waals surface area contributed by atoms with Crippen LogP contribution in [-0.4, -0.2) is 48.6 Å². The van der Waals surface area contributed by atoms with Gasteiger partial charge >= 0.3 is 12.1 Å². The first kappa shape index (κ1) is 29.6. The largest absolute Gasteiger partial charge is 0.486 e. The van der Waals surface area contributed by atoms with Crippen molar-refractivity contribution in [2.75, 3.05) is 10.8 Å². The number of hydrogen-bond donors (Lipinski definition) is 0. The number of alkyl halides is 3. The third-order valence-corrected chi connectivity index (χ3v) is 8.15. The van der Waals surface area contributed by atoms with Gasteiger partial charge in [-0.3, -0.25) is 13.8 Å². The van der Waals surface area contributed by atoms with E-state index in [1.165, 1.54) is 29.1 Å². The van der Waals surface area contributed by atoms with Gasteiger partial charge in [0, 0.05) is 19.2 Å². The lowest BCUT2D eigenvalue weighted by atomic mass is 9.88. The zero-order valence-corrected chi connectivity index (χ0v) is 23.0. The van der Waals surface area contributed by atoms with E-state index in [2.05, 4.69) is 15.9 Å². The molecule has 0 saturated carbocycles. The molecule has 0 fully saturated rings. The van der Waals surface area contributed by atoms with Crippen molar-refractivity contribution in [2.45, 2.75) is 76.8 Å². The molecule has 38 heavy (non-hydrogen) atoms. The molecule has 0 aliphatic carbocycles. The number of aryl methyl sites for hydroxylation is 1. The highest BCUT2D eigenvalue weighted by molar-refractivity contribution is 7.93. The summed E-state index contributed by atoms with van der Waals surface area (Å²) in [7, 11) is -4.29. The lowest BCUT2D eigenvalue weighted by Crippen LogP contribution is -2.45. The second kappa shape index (κ2) is 10.3. The Kier molecular flexibility index (Phi) is 8.01. The average Bonchev–Trinajstić information content (AvgIpc) is 3.19. The number of benzene rings is 1. The number of ether oxygens (including phenoxy) is 2. The Labute approximate surface area is 224 Å². The minimum absolute atomic E-state index is 0.0664. The summed E-state index contributed by atoms with van der Waals surface area (Å²) in [5.74, 6) is -0.982. The fourth-order valence-electron chi connectivity index (χ4n) is 3.79. The summed E-state index contributed by atoms with van der Waals surface area (Å²) in [5, 5.41) is 13.2. The number of esters is 1. The molecule has 14 heteroatoms. The van der Waals surface area contributed by atoms with E-state index in [1.807, 2.05) is 0 Å². The molecular weight excluding hydrogens is 549 g/mol. The Balaban J connectivity index is 2.01. The van der Waals surface area contributed by atoms with Gasteiger partial charge in [-0.2, -0.15) is 23.5 Å². The molecule has 0 unspecified atom stereocenters. The maximum absolute atomic E-state index is 13.8. The molecule has 1 aliphatic rings. The van der Waals surface area contributed by atoms with Crippen LogP contribution < -0.4 is 9.04 Å². The van der Waals surface area contributed by atoms with Crippen LogP contribution in [0.4, 0.5) is 18.9 Å². The summed E-state index contributed by atoms with van der Waals surface area (Å²) in [5.41, 5.74) is -3.25. The molecule has 0 amide bonds. The molecule has 1 aliphatic heterocycles. The highest BCUT2D eigenvalue weighted by atomic mass is 35.5. The first-order valence-electron chi connectivity index (χ1n) is 11.7. The monoisotopic (exact) mass is 576 g/mol. The number of sulfonamides is 1. The van der Waals surface area contributed by atoms with Crippen molar-refractivity contribution in [1.29, 1.82) is 5.26 Å². The van der Waals surface area contributed by atoms with Crippen molar-refractivity contribution in [3.63, 3.8) is 0 Å². The van der Waals surface area contributed by atoms with Crippen molar-refractivity contribution in [1.82, 2.24) is 9.78 Å². The number of aromatic nitrogens is 2. The Morgan fingerprint density at radius 3 is 2.50 bits per heavy atom. The van der Waals surface area contributed by atoms with E-state index in [-0.39, 0.29) is 40.0 Å². The summed E-state index contributed by atoms with van der Waals surface area (Å²) in [6.07, 6.45) is -4.51. The SMILES string of the molecule is CCn1cc(S(=O)(=O)N2C[C@H](CC(C)(C)C#N)Oc3ccc(CC(=O)OC(C)(C)C(F)(F)F)cc32)c(Cl)n1. The molecule has 0 radical (unpaired) electrons. The molecular formula is C24H28ClF3N4O5S. The van der Waals surface area contributed by atoms with Crippen LogP contribution in [-0.2, 0) is 32.5 Å². The van der Waals surface area contributed by atoms with Gasteiger partial charge in [0.1, 0.15) is 16.7 Å². The van der Waals surface area contributed by atoms with Crippen LogP contribution in [0, 0.1) is 16.7 Å². The number of fused-ring (bicyclic) bond motifs is 1. The topological polar surface area (TPSA) is 115 Å². The molecule has 1 aromatic heterocycles. The van der Waals surface area contributed by atoms with Gasteiger partial charge in [0.05, 0.1) is 30.1 Å². The molecule has 3 rings (SSSR count). The van der Waals surface area contributed by atoms with Crippen molar-refractivity contribution >= 4 is 33.3 Å². The molecule has 1 aromatic carbocycles. The molecule has 2 heterocycles. The molecule has 0 N–H and O–H groups in total. The molecule has 2 aromatic rings. The number of rotatable bonds is 8. The standard InChI is InChI=1S/C24H28ClF3N4O5S/c1-6-31-13-19(21(25)30-31)38(34,35)32-12-16(11-22(2,3)14-29)36-18-8-7-15(9-17(18)32)10-20(33)37-23(4,5)24(26,27)28/h7-9,13,16H,6,10-12H2,1-5H3/t16-/m0/s1. The van der Waals surface area contributed by atoms with Crippen LogP contribution in [0.15, 0.2) is 29.3 Å². The normalized spacial score (nSPS) is 16.4. The van der Waals surface area contributed by atoms with Gasteiger partial charge in [-0.15, -0.1) is 0 Å². The second-order valence-electron chi connectivity index (χ2n) is 10.1. The number of carbonyl (C=O) groups excluding carboxylic acids is 1. The fraction of sp³-hybridized carbons (Fsp3) is 0.542. The van der Waals surface area contributed by atoms with E-state index in [9.17, 15) is 31.6 Å². The van der Waals surface area contributed by atoms with E-state index >= 15 is 0 Å². The summed E-state index contributed by atoms with van der Waals surface area (Å²) in [6.45, 7) is 6.83. The lowest BCUT2D eigenvalue weighted by molar-refractivity contribution is -0.257. The Bertz CT molecular complexity index is 1370. The smallest absolute Gasteiger partial charge is 0.427 e. The van der Waals surface area contributed by atoms with E-state index in [0.29, 0.717) is 6.54 Å². The van der Waals surface area contributed by atoms with Gasteiger partial charge in [-0.1, -0.05) is 17.7 Å². The predicted molar refractivity (Wildman–Crippen MR) is 132 cm³/mol. The number of anilines is 1. The predicted octanol–water partition coefficient (Wildman–Crippen LogP) is 4.88. The van der Waals surface area contributed by atoms with Gasteiger partial charge in [0.2, 0.25) is 5.60 Å². The van der Waals surface area contributed by atoms with Gasteiger partial charge in [-0.25, -0.2) is 8.42 Å². The quantitative estimate of drug-likeness (QED) is 0.411. The number of halogens is 4. The Morgan fingerprint density at radius 2 is 1.95 bits per heavy atom. The first-order chi connectivity index (χ1) is 17.4. The number of nitriles is 1. The molecule has 0 saturated heterocycles. The number of nitrogens with zero attached hydrogens (tertiary/aromatic N) is 4. The molecule has 9 nitrogen and oxygen atoms in total. The van der Waals surface area contributed by atoms with Crippen LogP contribution in [0.3, 0.4) is 0 Å². The summed E-state index contributed by atoms with van der Waals surface area (Å²) in [4.78, 5) is 12.1. The van der Waals surface area contributed by atoms with Crippen molar-refractivity contribution < 1.29 is 35.9 Å². The average molecular weight is 577 g/mol. The number of hydrogen-bond acceptors (Lipinski definition) is 7. The minimum atomic E-state index is -4.77. The summed E-state index contributed by atoms with van der Waals surface area (Å²) in [6, 6.07) is 6.37. The van der Waals surface area contributed by atoms with Crippen molar-refractivity contribution in [3.05, 3.63) is 35.1 Å². The zero-order valence-electron chi connectivity index (χ0n) is 21.5. The maximum Gasteiger partial charge on any atom is 0.427 e. The molecule has 1 atom stereocenters. The Morgan fingerprint density at radius 1 is 1.29 bits per heavy atom. The lowest BCUT2D eigenvalue weighted by Gasteiger charge is -2.37. The molecule has 0 spiro atoms. The van der Waals surface area contributed by atoms with Crippen LogP contribution >= 0.6 is 11.6 Å². The van der Waals surface area contributed by atoms with Crippen LogP contribution in [0.2, 0.25) is 5.15 Å². The third-order valence-electron chi connectivity index (χ3n) is 5.97. The summed E-state index contributed by atoms with van der Waals surface area (Å²) >= 11 is 6.15. The summed E-state index contributed by atoms with van der Waals surface area (Å²) < 4.78 is 80.0. The maximum atomic E-state index is 13.8. The Hall–Kier alpha value is -2.98.